The first-order valence-corrected chi connectivity index (χ1v) is 9.29. The lowest BCUT2D eigenvalue weighted by Crippen LogP contribution is -2.52. The molecule has 2 heterocycles. The van der Waals surface area contributed by atoms with Gasteiger partial charge >= 0.3 is 0 Å². The molecule has 0 unspecified atom stereocenters. The summed E-state index contributed by atoms with van der Waals surface area (Å²) in [7, 11) is 0. The van der Waals surface area contributed by atoms with Crippen molar-refractivity contribution in [2.24, 2.45) is 11.7 Å². The molecule has 1 saturated heterocycles. The van der Waals surface area contributed by atoms with E-state index in [-0.39, 0.29) is 5.91 Å². The predicted octanol–water partition coefficient (Wildman–Crippen LogP) is 2.18. The molecule has 1 aromatic rings. The fourth-order valence-electron chi connectivity index (χ4n) is 3.64. The minimum atomic E-state index is -0.467. The molecule has 2 amide bonds. The summed E-state index contributed by atoms with van der Waals surface area (Å²) in [6.45, 7) is 5.80. The summed E-state index contributed by atoms with van der Waals surface area (Å²) in [6.07, 6.45) is 5.24. The molecule has 6 heteroatoms. The van der Waals surface area contributed by atoms with Crippen molar-refractivity contribution in [1.82, 2.24) is 9.80 Å². The number of thiophene rings is 1. The summed E-state index contributed by atoms with van der Waals surface area (Å²) in [4.78, 5) is 29.2. The molecule has 1 saturated carbocycles. The summed E-state index contributed by atoms with van der Waals surface area (Å²) in [5, 5.41) is 0. The molecule has 1 aliphatic carbocycles. The van der Waals surface area contributed by atoms with Gasteiger partial charge in [-0.25, -0.2) is 0 Å². The van der Waals surface area contributed by atoms with Crippen molar-refractivity contribution in [3.63, 3.8) is 0 Å². The van der Waals surface area contributed by atoms with Crippen LogP contribution in [0, 0.1) is 5.92 Å². The first-order chi connectivity index (χ1) is 11.0. The Kier molecular flexibility index (Phi) is 5.02. The minimum Gasteiger partial charge on any atom is -0.365 e. The lowest BCUT2D eigenvalue weighted by Gasteiger charge is -2.41. The van der Waals surface area contributed by atoms with Gasteiger partial charge in [-0.3, -0.25) is 14.5 Å². The third kappa shape index (κ3) is 3.75. The number of carbonyl (C=O) groups is 2. The number of hydrogen-bond donors (Lipinski definition) is 1. The molecule has 0 spiro atoms. The number of piperazine rings is 1. The Morgan fingerprint density at radius 3 is 2.22 bits per heavy atom. The van der Waals surface area contributed by atoms with Crippen LogP contribution in [0.5, 0.6) is 0 Å². The highest BCUT2D eigenvalue weighted by atomic mass is 32.1. The van der Waals surface area contributed by atoms with E-state index in [1.54, 1.807) is 12.1 Å². The Labute approximate surface area is 141 Å². The van der Waals surface area contributed by atoms with E-state index in [2.05, 4.69) is 11.8 Å². The standard InChI is InChI=1S/C17H25N3O2S/c1-12-2-4-13(5-3-12)19-8-10-20(11-9-19)17(22)15-7-6-14(23-15)16(18)21/h6-7,12-13H,2-5,8-11H2,1H3,(H2,18,21). The number of amides is 2. The maximum Gasteiger partial charge on any atom is 0.264 e. The van der Waals surface area contributed by atoms with E-state index in [1.165, 1.54) is 37.0 Å². The normalized spacial score (nSPS) is 26.2. The van der Waals surface area contributed by atoms with E-state index in [9.17, 15) is 9.59 Å². The van der Waals surface area contributed by atoms with Gasteiger partial charge in [0.2, 0.25) is 0 Å². The van der Waals surface area contributed by atoms with E-state index in [4.69, 9.17) is 5.73 Å². The largest absolute Gasteiger partial charge is 0.365 e. The van der Waals surface area contributed by atoms with Crippen LogP contribution in [0.3, 0.4) is 0 Å². The van der Waals surface area contributed by atoms with Crippen LogP contribution in [0.25, 0.3) is 0 Å². The van der Waals surface area contributed by atoms with Crippen molar-refractivity contribution in [3.05, 3.63) is 21.9 Å². The third-order valence-corrected chi connectivity index (χ3v) is 6.25. The van der Waals surface area contributed by atoms with Gasteiger partial charge in [-0.2, -0.15) is 0 Å². The molecule has 5 nitrogen and oxygen atoms in total. The summed E-state index contributed by atoms with van der Waals surface area (Å²) >= 11 is 1.19. The Morgan fingerprint density at radius 1 is 1.04 bits per heavy atom. The summed E-state index contributed by atoms with van der Waals surface area (Å²) in [6, 6.07) is 4.05. The highest BCUT2D eigenvalue weighted by Crippen LogP contribution is 2.28. The van der Waals surface area contributed by atoms with Crippen molar-refractivity contribution in [2.45, 2.75) is 38.6 Å². The van der Waals surface area contributed by atoms with E-state index in [1.807, 2.05) is 4.90 Å². The monoisotopic (exact) mass is 335 g/mol. The molecule has 126 valence electrons. The Hall–Kier alpha value is -1.40. The van der Waals surface area contributed by atoms with Crippen molar-refractivity contribution >= 4 is 23.2 Å². The van der Waals surface area contributed by atoms with Gasteiger partial charge < -0.3 is 10.6 Å². The molecule has 0 atom stereocenters. The summed E-state index contributed by atoms with van der Waals surface area (Å²) in [5.74, 6) is 0.428. The zero-order chi connectivity index (χ0) is 16.4. The summed E-state index contributed by atoms with van der Waals surface area (Å²) < 4.78 is 0. The second-order valence-corrected chi connectivity index (χ2v) is 7.85. The molecule has 0 bridgehead atoms. The smallest absolute Gasteiger partial charge is 0.264 e. The quantitative estimate of drug-likeness (QED) is 0.921. The summed E-state index contributed by atoms with van der Waals surface area (Å²) in [5.41, 5.74) is 5.26. The van der Waals surface area contributed by atoms with Crippen LogP contribution in [-0.2, 0) is 0 Å². The molecule has 2 aliphatic rings. The molecule has 1 aliphatic heterocycles. The van der Waals surface area contributed by atoms with Gasteiger partial charge in [0.15, 0.2) is 0 Å². The van der Waals surface area contributed by atoms with Crippen molar-refractivity contribution in [1.29, 1.82) is 0 Å². The van der Waals surface area contributed by atoms with Crippen LogP contribution in [0.1, 0.15) is 52.0 Å². The third-order valence-electron chi connectivity index (χ3n) is 5.16. The second-order valence-electron chi connectivity index (χ2n) is 6.77. The van der Waals surface area contributed by atoms with Crippen molar-refractivity contribution in [3.8, 4) is 0 Å². The fraction of sp³-hybridized carbons (Fsp3) is 0.647. The van der Waals surface area contributed by atoms with Crippen LogP contribution in [0.15, 0.2) is 12.1 Å². The zero-order valence-corrected chi connectivity index (χ0v) is 14.5. The van der Waals surface area contributed by atoms with Crippen LogP contribution in [0.4, 0.5) is 0 Å². The van der Waals surface area contributed by atoms with Crippen molar-refractivity contribution < 1.29 is 9.59 Å². The number of nitrogens with two attached hydrogens (primary N) is 1. The Balaban J connectivity index is 1.53. The molecule has 3 rings (SSSR count). The number of hydrogen-bond acceptors (Lipinski definition) is 4. The number of nitrogens with zero attached hydrogens (tertiary/aromatic N) is 2. The highest BCUT2D eigenvalue weighted by molar-refractivity contribution is 7.15. The lowest BCUT2D eigenvalue weighted by atomic mass is 9.86. The first kappa shape index (κ1) is 16.5. The average Bonchev–Trinajstić information content (AvgIpc) is 3.05. The predicted molar refractivity (Wildman–Crippen MR) is 91.7 cm³/mol. The number of carbonyl (C=O) groups excluding carboxylic acids is 2. The number of primary amides is 1. The van der Waals surface area contributed by atoms with Crippen LogP contribution >= 0.6 is 11.3 Å². The average molecular weight is 335 g/mol. The second kappa shape index (κ2) is 7.01. The lowest BCUT2D eigenvalue weighted by molar-refractivity contribution is 0.0505. The zero-order valence-electron chi connectivity index (χ0n) is 13.7. The molecular weight excluding hydrogens is 310 g/mol. The minimum absolute atomic E-state index is 0.0272. The molecule has 0 aromatic carbocycles. The van der Waals surface area contributed by atoms with E-state index in [0.717, 1.165) is 32.1 Å². The van der Waals surface area contributed by atoms with E-state index < -0.39 is 5.91 Å². The van der Waals surface area contributed by atoms with Gasteiger partial charge in [0.05, 0.1) is 9.75 Å². The maximum absolute atomic E-state index is 12.5. The molecule has 23 heavy (non-hydrogen) atoms. The fourth-order valence-corrected chi connectivity index (χ4v) is 4.46. The van der Waals surface area contributed by atoms with Crippen LogP contribution in [0.2, 0.25) is 0 Å². The first-order valence-electron chi connectivity index (χ1n) is 8.47. The van der Waals surface area contributed by atoms with Gasteiger partial charge in [0.25, 0.3) is 11.8 Å². The van der Waals surface area contributed by atoms with E-state index >= 15 is 0 Å². The van der Waals surface area contributed by atoms with Gasteiger partial charge in [0.1, 0.15) is 0 Å². The van der Waals surface area contributed by atoms with Gasteiger partial charge in [-0.05, 0) is 43.7 Å². The topological polar surface area (TPSA) is 66.6 Å². The van der Waals surface area contributed by atoms with Gasteiger partial charge in [-0.1, -0.05) is 6.92 Å². The highest BCUT2D eigenvalue weighted by Gasteiger charge is 2.29. The van der Waals surface area contributed by atoms with Gasteiger partial charge in [-0.15, -0.1) is 11.3 Å². The van der Waals surface area contributed by atoms with Crippen molar-refractivity contribution in [2.75, 3.05) is 26.2 Å². The molecule has 2 fully saturated rings. The molecule has 2 N–H and O–H groups in total. The van der Waals surface area contributed by atoms with E-state index in [0.29, 0.717) is 15.8 Å². The van der Waals surface area contributed by atoms with Crippen LogP contribution < -0.4 is 5.73 Å². The molecular formula is C17H25N3O2S. The Bertz CT molecular complexity index is 570. The number of rotatable bonds is 3. The molecule has 0 radical (unpaired) electrons. The SMILES string of the molecule is CC1CCC(N2CCN(C(=O)c3ccc(C(N)=O)s3)CC2)CC1. The van der Waals surface area contributed by atoms with Crippen LogP contribution in [-0.4, -0.2) is 53.8 Å². The molecule has 1 aromatic heterocycles. The Morgan fingerprint density at radius 2 is 1.65 bits per heavy atom. The van der Waals surface area contributed by atoms with Gasteiger partial charge in [0, 0.05) is 32.2 Å². The maximum atomic E-state index is 12.5.